The molecule has 1 unspecified atom stereocenters. The molecule has 0 radical (unpaired) electrons. The van der Waals surface area contributed by atoms with Crippen molar-refractivity contribution < 1.29 is 4.79 Å². The summed E-state index contributed by atoms with van der Waals surface area (Å²) < 4.78 is 0. The van der Waals surface area contributed by atoms with Crippen molar-refractivity contribution in [3.63, 3.8) is 0 Å². The van der Waals surface area contributed by atoms with Crippen molar-refractivity contribution in [3.8, 4) is 0 Å². The van der Waals surface area contributed by atoms with Crippen LogP contribution in [0.5, 0.6) is 0 Å². The van der Waals surface area contributed by atoms with E-state index in [1.54, 1.807) is 6.08 Å². The van der Waals surface area contributed by atoms with Crippen LogP contribution in [0.4, 0.5) is 0 Å². The Balaban J connectivity index is 2.46. The fraction of sp³-hybridized carbons (Fsp3) is 0.667. The summed E-state index contributed by atoms with van der Waals surface area (Å²) >= 11 is 0. The quantitative estimate of drug-likeness (QED) is 0.401. The van der Waals surface area contributed by atoms with Crippen molar-refractivity contribution >= 4 is 6.29 Å². The predicted molar refractivity (Wildman–Crippen MR) is 41.8 cm³/mol. The van der Waals surface area contributed by atoms with E-state index in [-0.39, 0.29) is 0 Å². The molecular weight excluding hydrogens is 124 g/mol. The van der Waals surface area contributed by atoms with Gasteiger partial charge in [0.25, 0.3) is 0 Å². The first-order valence-corrected chi connectivity index (χ1v) is 3.96. The predicted octanol–water partition coefficient (Wildman–Crippen LogP) is 2.32. The largest absolute Gasteiger partial charge is 0.299 e. The first-order chi connectivity index (χ1) is 4.83. The van der Waals surface area contributed by atoms with Gasteiger partial charge in [0.15, 0.2) is 0 Å². The lowest BCUT2D eigenvalue weighted by molar-refractivity contribution is -0.104. The Hall–Kier alpha value is -0.590. The molecule has 0 aromatic rings. The lowest BCUT2D eigenvalue weighted by Gasteiger charge is -2.19. The maximum atomic E-state index is 10.1. The van der Waals surface area contributed by atoms with Crippen molar-refractivity contribution in [3.05, 3.63) is 11.6 Å². The van der Waals surface area contributed by atoms with E-state index in [4.69, 9.17) is 0 Å². The lowest BCUT2D eigenvalue weighted by atomic mass is 9.87. The van der Waals surface area contributed by atoms with Crippen LogP contribution in [0, 0.1) is 5.92 Å². The van der Waals surface area contributed by atoms with E-state index in [1.807, 2.05) is 0 Å². The van der Waals surface area contributed by atoms with Gasteiger partial charge in [0.1, 0.15) is 6.29 Å². The number of aldehydes is 1. The van der Waals surface area contributed by atoms with Crippen LogP contribution in [0.2, 0.25) is 0 Å². The molecule has 1 fully saturated rings. The van der Waals surface area contributed by atoms with Crippen LogP contribution < -0.4 is 0 Å². The zero-order chi connectivity index (χ0) is 7.40. The van der Waals surface area contributed by atoms with E-state index >= 15 is 0 Å². The molecule has 1 atom stereocenters. The Bertz CT molecular complexity index is 147. The summed E-state index contributed by atoms with van der Waals surface area (Å²) in [5.74, 6) is 0.792. The van der Waals surface area contributed by atoms with Gasteiger partial charge in [0.2, 0.25) is 0 Å². The fourth-order valence-corrected chi connectivity index (χ4v) is 1.58. The minimum absolute atomic E-state index is 0.792. The van der Waals surface area contributed by atoms with Crippen LogP contribution in [-0.4, -0.2) is 6.29 Å². The third-order valence-corrected chi connectivity index (χ3v) is 2.11. The van der Waals surface area contributed by atoms with Crippen molar-refractivity contribution in [2.75, 3.05) is 0 Å². The van der Waals surface area contributed by atoms with Gasteiger partial charge in [-0.05, 0) is 31.3 Å². The highest BCUT2D eigenvalue weighted by molar-refractivity contribution is 5.66. The van der Waals surface area contributed by atoms with Crippen LogP contribution in [0.15, 0.2) is 11.6 Å². The van der Waals surface area contributed by atoms with Gasteiger partial charge < -0.3 is 0 Å². The zero-order valence-electron chi connectivity index (χ0n) is 6.47. The molecule has 1 heteroatoms. The maximum absolute atomic E-state index is 10.1. The zero-order valence-corrected chi connectivity index (χ0v) is 6.47. The molecular formula is C9H14O. The highest BCUT2D eigenvalue weighted by Crippen LogP contribution is 2.27. The van der Waals surface area contributed by atoms with Crippen molar-refractivity contribution in [2.45, 2.75) is 32.6 Å². The molecule has 10 heavy (non-hydrogen) atoms. The molecule has 0 aromatic heterocycles. The van der Waals surface area contributed by atoms with Crippen molar-refractivity contribution in [2.24, 2.45) is 5.92 Å². The Morgan fingerprint density at radius 1 is 1.60 bits per heavy atom. The Kier molecular flexibility index (Phi) is 2.67. The fourth-order valence-electron chi connectivity index (χ4n) is 1.58. The third-order valence-electron chi connectivity index (χ3n) is 2.11. The van der Waals surface area contributed by atoms with Gasteiger partial charge in [-0.3, -0.25) is 4.79 Å². The SMILES string of the molecule is CC1CCCC(=CC=O)C1. The summed E-state index contributed by atoms with van der Waals surface area (Å²) in [5.41, 5.74) is 1.34. The van der Waals surface area contributed by atoms with E-state index in [9.17, 15) is 4.79 Å². The van der Waals surface area contributed by atoms with Gasteiger partial charge >= 0.3 is 0 Å². The Morgan fingerprint density at radius 3 is 3.00 bits per heavy atom. The molecule has 1 nitrogen and oxygen atoms in total. The van der Waals surface area contributed by atoms with Crippen LogP contribution in [0.25, 0.3) is 0 Å². The molecule has 1 aliphatic carbocycles. The monoisotopic (exact) mass is 138 g/mol. The second-order valence-electron chi connectivity index (χ2n) is 3.16. The molecule has 0 bridgehead atoms. The van der Waals surface area contributed by atoms with Crippen LogP contribution in [0.3, 0.4) is 0 Å². The molecule has 0 heterocycles. The smallest absolute Gasteiger partial charge is 0.142 e. The Morgan fingerprint density at radius 2 is 2.40 bits per heavy atom. The molecule has 1 rings (SSSR count). The minimum Gasteiger partial charge on any atom is -0.299 e. The van der Waals surface area contributed by atoms with Crippen LogP contribution in [0.1, 0.15) is 32.6 Å². The summed E-state index contributed by atoms with van der Waals surface area (Å²) in [6, 6.07) is 0. The summed E-state index contributed by atoms with van der Waals surface area (Å²) in [6.45, 7) is 2.25. The standard InChI is InChI=1S/C9H14O/c1-8-3-2-4-9(7-8)5-6-10/h5-6,8H,2-4,7H2,1H3. The number of carbonyl (C=O) groups is 1. The average Bonchev–Trinajstić information content (AvgIpc) is 1.88. The third kappa shape index (κ3) is 1.98. The molecule has 0 aromatic carbocycles. The van der Waals surface area contributed by atoms with Gasteiger partial charge in [-0.2, -0.15) is 0 Å². The van der Waals surface area contributed by atoms with E-state index in [1.165, 1.54) is 18.4 Å². The average molecular weight is 138 g/mol. The second-order valence-corrected chi connectivity index (χ2v) is 3.16. The van der Waals surface area contributed by atoms with E-state index in [2.05, 4.69) is 6.92 Å². The maximum Gasteiger partial charge on any atom is 0.142 e. The van der Waals surface area contributed by atoms with E-state index in [0.717, 1.165) is 25.0 Å². The summed E-state index contributed by atoms with van der Waals surface area (Å²) in [5, 5.41) is 0. The van der Waals surface area contributed by atoms with Gasteiger partial charge in [0.05, 0.1) is 0 Å². The van der Waals surface area contributed by atoms with E-state index in [0.29, 0.717) is 0 Å². The molecule has 1 saturated carbocycles. The highest BCUT2D eigenvalue weighted by atomic mass is 16.1. The summed E-state index contributed by atoms with van der Waals surface area (Å²) in [7, 11) is 0. The first kappa shape index (κ1) is 7.52. The van der Waals surface area contributed by atoms with Crippen LogP contribution >= 0.6 is 0 Å². The van der Waals surface area contributed by atoms with Crippen LogP contribution in [-0.2, 0) is 4.79 Å². The number of allylic oxidation sites excluding steroid dienone is 2. The normalized spacial score (nSPS) is 30.5. The van der Waals surface area contributed by atoms with Crippen molar-refractivity contribution in [1.82, 2.24) is 0 Å². The number of hydrogen-bond donors (Lipinski definition) is 0. The van der Waals surface area contributed by atoms with Crippen molar-refractivity contribution in [1.29, 1.82) is 0 Å². The van der Waals surface area contributed by atoms with Gasteiger partial charge in [0, 0.05) is 0 Å². The van der Waals surface area contributed by atoms with E-state index < -0.39 is 0 Å². The molecule has 0 aliphatic heterocycles. The molecule has 0 amide bonds. The molecule has 56 valence electrons. The number of carbonyl (C=O) groups excluding carboxylic acids is 1. The summed E-state index contributed by atoms with van der Waals surface area (Å²) in [6.07, 6.45) is 7.52. The molecule has 1 aliphatic rings. The Labute approximate surface area is 62.1 Å². The highest BCUT2D eigenvalue weighted by Gasteiger charge is 2.11. The lowest BCUT2D eigenvalue weighted by Crippen LogP contribution is -2.04. The first-order valence-electron chi connectivity index (χ1n) is 3.96. The molecule has 0 spiro atoms. The van der Waals surface area contributed by atoms with Gasteiger partial charge in [-0.1, -0.05) is 18.9 Å². The minimum atomic E-state index is 0.792. The second kappa shape index (κ2) is 3.55. The molecule has 0 N–H and O–H groups in total. The molecule has 0 saturated heterocycles. The number of hydrogen-bond acceptors (Lipinski definition) is 1. The van der Waals surface area contributed by atoms with Gasteiger partial charge in [-0.25, -0.2) is 0 Å². The topological polar surface area (TPSA) is 17.1 Å². The summed E-state index contributed by atoms with van der Waals surface area (Å²) in [4.78, 5) is 10.1. The van der Waals surface area contributed by atoms with Gasteiger partial charge in [-0.15, -0.1) is 0 Å². The number of rotatable bonds is 1.